The minimum absolute atomic E-state index is 0.121. The molecule has 0 aliphatic carbocycles. The highest BCUT2D eigenvalue weighted by Crippen LogP contribution is 2.42. The van der Waals surface area contributed by atoms with E-state index in [1.54, 1.807) is 34.6 Å². The molecule has 57 heavy (non-hydrogen) atoms. The first-order valence-electron chi connectivity index (χ1n) is 20.6. The summed E-state index contributed by atoms with van der Waals surface area (Å²) in [5.74, 6) is -3.08. The van der Waals surface area contributed by atoms with Gasteiger partial charge in [0.15, 0.2) is 30.4 Å². The fourth-order valence-electron chi connectivity index (χ4n) is 9.65. The number of hydrogen-bond acceptors (Lipinski definition) is 16. The van der Waals surface area contributed by atoms with Gasteiger partial charge < -0.3 is 57.7 Å². The quantitative estimate of drug-likeness (QED) is 0.267. The Balaban J connectivity index is 1.87. The number of ether oxygens (including phenoxy) is 9. The molecule has 0 amide bonds. The number of esters is 2. The molecule has 0 radical (unpaired) electrons. The number of aliphatic hydroxyl groups excluding tert-OH is 1. The van der Waals surface area contributed by atoms with Crippen LogP contribution in [-0.2, 0) is 52.2 Å². The van der Waals surface area contributed by atoms with Crippen LogP contribution in [-0.4, -0.2) is 163 Å². The summed E-state index contributed by atoms with van der Waals surface area (Å²) < 4.78 is 55.9. The number of fused-ring (bicyclic) bond motifs is 1. The van der Waals surface area contributed by atoms with E-state index in [1.165, 1.54) is 14.0 Å². The van der Waals surface area contributed by atoms with Crippen LogP contribution in [0.15, 0.2) is 0 Å². The highest BCUT2D eigenvalue weighted by Gasteiger charge is 2.58. The van der Waals surface area contributed by atoms with E-state index >= 15 is 0 Å². The molecule has 0 saturated carbocycles. The van der Waals surface area contributed by atoms with Gasteiger partial charge in [0.25, 0.3) is 0 Å². The van der Waals surface area contributed by atoms with E-state index in [2.05, 4.69) is 0 Å². The summed E-state index contributed by atoms with van der Waals surface area (Å²) in [7, 11) is 7.22. The fourth-order valence-corrected chi connectivity index (χ4v) is 9.65. The van der Waals surface area contributed by atoms with E-state index in [9.17, 15) is 24.6 Å². The van der Waals surface area contributed by atoms with Gasteiger partial charge >= 0.3 is 18.1 Å². The van der Waals surface area contributed by atoms with Gasteiger partial charge in [-0.3, -0.25) is 14.5 Å². The van der Waals surface area contributed by atoms with Crippen molar-refractivity contribution in [2.24, 2.45) is 17.8 Å². The van der Waals surface area contributed by atoms with Crippen molar-refractivity contribution in [3.05, 3.63) is 0 Å². The predicted octanol–water partition coefficient (Wildman–Crippen LogP) is 3.65. The summed E-state index contributed by atoms with van der Waals surface area (Å²) in [5.41, 5.74) is -3.95. The molecule has 0 bridgehead atoms. The minimum atomic E-state index is -1.59. The minimum Gasteiger partial charge on any atom is -0.458 e. The van der Waals surface area contributed by atoms with E-state index in [4.69, 9.17) is 42.6 Å². The lowest BCUT2D eigenvalue weighted by Crippen LogP contribution is -2.61. The Morgan fingerprint density at radius 3 is 2.21 bits per heavy atom. The van der Waals surface area contributed by atoms with Gasteiger partial charge in [0.2, 0.25) is 0 Å². The molecule has 16 nitrogen and oxygen atoms in total. The van der Waals surface area contributed by atoms with Crippen LogP contribution in [0.3, 0.4) is 0 Å². The van der Waals surface area contributed by atoms with Crippen molar-refractivity contribution < 1.29 is 67.2 Å². The zero-order chi connectivity index (χ0) is 42.9. The standard InChI is InChI=1S/C41H72N2O14/c1-16-29-41(11)35(56-38(47)57-41)25(6)43(14)20-21(2)18-39(9,48)34(55-37-32(52-27(8)44)28(42(12)13)17-22(3)50-37)23(4)31(24(5)36(46)53-29)54-30-19-40(10,49-15)33(45)26(7)51-30/h21-26,28-35,37,45,48H,16-20H2,1-15H3/t21-,22-,23+,24-,25-,26+,28+,29-,30+,31+,32-,33+,34-,35-,37+,39-,40-,41-/m1/s1. The lowest BCUT2D eigenvalue weighted by molar-refractivity contribution is -0.318. The van der Waals surface area contributed by atoms with Crippen molar-refractivity contribution in [1.29, 1.82) is 0 Å². The van der Waals surface area contributed by atoms with Gasteiger partial charge in [-0.15, -0.1) is 0 Å². The van der Waals surface area contributed by atoms with Crippen LogP contribution in [0.4, 0.5) is 4.79 Å². The highest BCUT2D eigenvalue weighted by atomic mass is 16.8. The lowest BCUT2D eigenvalue weighted by atomic mass is 9.77. The zero-order valence-electron chi connectivity index (χ0n) is 36.9. The largest absolute Gasteiger partial charge is 0.509 e. The number of likely N-dealkylation sites (N-methyl/N-ethyl adjacent to an activating group) is 2. The van der Waals surface area contributed by atoms with Crippen molar-refractivity contribution in [2.45, 2.75) is 192 Å². The Hall–Kier alpha value is -2.15. The Morgan fingerprint density at radius 1 is 0.982 bits per heavy atom. The monoisotopic (exact) mass is 816 g/mol. The molecule has 4 aliphatic heterocycles. The van der Waals surface area contributed by atoms with Crippen molar-refractivity contribution in [2.75, 3.05) is 34.8 Å². The molecule has 4 saturated heterocycles. The second kappa shape index (κ2) is 18.6. The summed E-state index contributed by atoms with van der Waals surface area (Å²) in [6.45, 7) is 19.9. The number of aliphatic hydroxyl groups is 2. The highest BCUT2D eigenvalue weighted by molar-refractivity contribution is 5.73. The molecule has 0 spiro atoms. The molecule has 4 rings (SSSR count). The van der Waals surface area contributed by atoms with E-state index in [1.807, 2.05) is 65.6 Å². The molecule has 16 heteroatoms. The van der Waals surface area contributed by atoms with E-state index in [0.29, 0.717) is 19.4 Å². The topological polar surface area (TPSA) is 181 Å². The summed E-state index contributed by atoms with van der Waals surface area (Å²) in [4.78, 5) is 43.8. The van der Waals surface area contributed by atoms with Crippen LogP contribution < -0.4 is 0 Å². The van der Waals surface area contributed by atoms with Crippen LogP contribution in [0.2, 0.25) is 0 Å². The summed E-state index contributed by atoms with van der Waals surface area (Å²) in [6, 6.07) is -0.634. The predicted molar refractivity (Wildman–Crippen MR) is 207 cm³/mol. The van der Waals surface area contributed by atoms with Crippen LogP contribution in [0.1, 0.15) is 102 Å². The van der Waals surface area contributed by atoms with Gasteiger partial charge in [-0.2, -0.15) is 0 Å². The third-order valence-corrected chi connectivity index (χ3v) is 12.9. The Bertz CT molecular complexity index is 1380. The zero-order valence-corrected chi connectivity index (χ0v) is 36.9. The fraction of sp³-hybridized carbons (Fsp3) is 0.927. The van der Waals surface area contributed by atoms with Crippen LogP contribution in [0.5, 0.6) is 0 Å². The third-order valence-electron chi connectivity index (χ3n) is 12.9. The molecular weight excluding hydrogens is 744 g/mol. The first-order chi connectivity index (χ1) is 26.4. The second-order valence-corrected chi connectivity index (χ2v) is 18.2. The van der Waals surface area contributed by atoms with Gasteiger partial charge in [0.1, 0.15) is 12.2 Å². The number of carbonyl (C=O) groups is 3. The molecule has 330 valence electrons. The summed E-state index contributed by atoms with van der Waals surface area (Å²) in [6.07, 6.45) is -8.24. The number of rotatable bonds is 8. The Labute approximate surface area is 339 Å². The van der Waals surface area contributed by atoms with Gasteiger partial charge in [-0.25, -0.2) is 4.79 Å². The van der Waals surface area contributed by atoms with E-state index < -0.39 is 102 Å². The molecule has 0 aromatic heterocycles. The maximum atomic E-state index is 14.5. The number of hydrogen-bond donors (Lipinski definition) is 2. The van der Waals surface area contributed by atoms with E-state index in [0.717, 1.165) is 0 Å². The third kappa shape index (κ3) is 10.4. The van der Waals surface area contributed by atoms with Gasteiger partial charge in [0, 0.05) is 39.0 Å². The molecule has 4 heterocycles. The van der Waals surface area contributed by atoms with Gasteiger partial charge in [0.05, 0.1) is 47.6 Å². The average Bonchev–Trinajstić information content (AvgIpc) is 3.43. The average molecular weight is 817 g/mol. The molecule has 18 atom stereocenters. The lowest BCUT2D eigenvalue weighted by Gasteiger charge is -2.49. The van der Waals surface area contributed by atoms with Gasteiger partial charge in [-0.05, 0) is 94.8 Å². The molecule has 0 aromatic rings. The van der Waals surface area contributed by atoms with Crippen LogP contribution in [0.25, 0.3) is 0 Å². The number of cyclic esters (lactones) is 1. The summed E-state index contributed by atoms with van der Waals surface area (Å²) >= 11 is 0. The molecule has 0 unspecified atom stereocenters. The normalized spacial score (nSPS) is 46.9. The number of nitrogens with zero attached hydrogens (tertiary/aromatic N) is 2. The van der Waals surface area contributed by atoms with Crippen molar-refractivity contribution in [1.82, 2.24) is 9.80 Å². The first kappa shape index (κ1) is 47.5. The molecule has 4 aliphatic rings. The van der Waals surface area contributed by atoms with Crippen LogP contribution in [0, 0.1) is 17.8 Å². The van der Waals surface area contributed by atoms with Gasteiger partial charge in [-0.1, -0.05) is 20.8 Å². The Kier molecular flexibility index (Phi) is 15.5. The molecular formula is C41H72N2O14. The first-order valence-corrected chi connectivity index (χ1v) is 20.6. The second-order valence-electron chi connectivity index (χ2n) is 18.2. The molecule has 0 aromatic carbocycles. The van der Waals surface area contributed by atoms with Crippen LogP contribution >= 0.6 is 0 Å². The summed E-state index contributed by atoms with van der Waals surface area (Å²) in [5, 5.41) is 23.8. The smallest absolute Gasteiger partial charge is 0.458 e. The SMILES string of the molecule is CC[C@H]1OC(=O)[C@H](C)[C@@H](O[C@H]2C[C@@](C)(OC)[C@@H](O)[C@H](C)O2)[C@H](C)[C@@H](O[C@@H]2O[C@H](C)C[C@H](N(C)C)[C@H]2OC(C)=O)[C@](C)(O)C[C@@H](C)CN(C)[C@H](C)[C@H]2OC(=O)O[C@@]21C. The maximum Gasteiger partial charge on any atom is 0.509 e. The Morgan fingerprint density at radius 2 is 1.63 bits per heavy atom. The number of methoxy groups -OCH3 is 1. The molecule has 4 fully saturated rings. The van der Waals surface area contributed by atoms with Crippen molar-refractivity contribution in [3.63, 3.8) is 0 Å². The van der Waals surface area contributed by atoms with Crippen molar-refractivity contribution >= 4 is 18.1 Å². The molecule has 2 N–H and O–H groups in total. The number of carbonyl (C=O) groups excluding carboxylic acids is 3. The van der Waals surface area contributed by atoms with Crippen molar-refractivity contribution in [3.8, 4) is 0 Å². The van der Waals surface area contributed by atoms with E-state index in [-0.39, 0.29) is 36.9 Å². The maximum absolute atomic E-state index is 14.5.